The van der Waals surface area contributed by atoms with E-state index in [1.807, 2.05) is 0 Å². The van der Waals surface area contributed by atoms with Crippen LogP contribution in [0, 0.1) is 11.6 Å². The lowest BCUT2D eigenvalue weighted by molar-refractivity contribution is 0.0521. The summed E-state index contributed by atoms with van der Waals surface area (Å²) in [6.07, 6.45) is 1.66. The fourth-order valence-corrected chi connectivity index (χ4v) is 5.79. The minimum absolute atomic E-state index is 0.00864. The predicted octanol–water partition coefficient (Wildman–Crippen LogP) is 3.97. The molecule has 8 nitrogen and oxygen atoms in total. The van der Waals surface area contributed by atoms with Crippen LogP contribution < -0.4 is 16.2 Å². The van der Waals surface area contributed by atoms with Crippen LogP contribution in [0.2, 0.25) is 0 Å². The highest BCUT2D eigenvalue weighted by atomic mass is 32.1. The standard InChI is InChI=1S/C25H27F2N7OS/c1-15-12-34(22(16-3-7-18(26)8-4-16)17-5-9-19(27)10-6-17)20(14-35-2)13-33(15)25-30-21-11-29-24(32-28)31-23(21)36-25/h3-11,15,20,22H,12-14,28H2,1-2H3,(H,29,31,32)/t15-,20-/m0/s1. The Bertz CT molecular complexity index is 1270. The normalized spacial score (nSPS) is 18.8. The average Bonchev–Trinajstić information content (AvgIpc) is 3.31. The quantitative estimate of drug-likeness (QED) is 0.285. The fraction of sp³-hybridized carbons (Fsp3) is 0.320. The summed E-state index contributed by atoms with van der Waals surface area (Å²) in [6.45, 7) is 3.97. The number of ether oxygens (including phenoxy) is 1. The number of hydrogen-bond donors (Lipinski definition) is 2. The molecular weight excluding hydrogens is 484 g/mol. The van der Waals surface area contributed by atoms with Gasteiger partial charge in [-0.15, -0.1) is 0 Å². The topological polar surface area (TPSA) is 92.4 Å². The van der Waals surface area contributed by atoms with Crippen LogP contribution in [0.25, 0.3) is 10.3 Å². The fourth-order valence-electron chi connectivity index (χ4n) is 4.77. The molecular formula is C25H27F2N7OS. The molecule has 0 spiro atoms. The van der Waals surface area contributed by atoms with E-state index in [0.29, 0.717) is 31.2 Å². The molecule has 0 bridgehead atoms. The van der Waals surface area contributed by atoms with Gasteiger partial charge in [0.25, 0.3) is 0 Å². The number of methoxy groups -OCH3 is 1. The number of nitrogens with two attached hydrogens (primary N) is 1. The van der Waals surface area contributed by atoms with Crippen LogP contribution in [0.4, 0.5) is 19.9 Å². The van der Waals surface area contributed by atoms with E-state index in [0.717, 1.165) is 21.1 Å². The third-order valence-corrected chi connectivity index (χ3v) is 7.46. The molecule has 0 amide bonds. The molecule has 2 atom stereocenters. The molecule has 188 valence electrons. The number of hydrazine groups is 1. The summed E-state index contributed by atoms with van der Waals surface area (Å²) in [5, 5.41) is 0.849. The van der Waals surface area contributed by atoms with E-state index in [9.17, 15) is 8.78 Å². The zero-order chi connectivity index (χ0) is 25.2. The lowest BCUT2D eigenvalue weighted by Crippen LogP contribution is -2.59. The molecule has 3 heterocycles. The van der Waals surface area contributed by atoms with Gasteiger partial charge in [0.05, 0.1) is 24.9 Å². The van der Waals surface area contributed by atoms with Crippen LogP contribution in [0.5, 0.6) is 0 Å². The maximum absolute atomic E-state index is 13.8. The van der Waals surface area contributed by atoms with Gasteiger partial charge in [0.15, 0.2) is 9.96 Å². The first-order chi connectivity index (χ1) is 17.5. The van der Waals surface area contributed by atoms with E-state index in [1.54, 1.807) is 37.6 Å². The number of fused-ring (bicyclic) bond motifs is 1. The average molecular weight is 512 g/mol. The van der Waals surface area contributed by atoms with Gasteiger partial charge < -0.3 is 9.64 Å². The highest BCUT2D eigenvalue weighted by molar-refractivity contribution is 7.21. The highest BCUT2D eigenvalue weighted by Crippen LogP contribution is 2.37. The summed E-state index contributed by atoms with van der Waals surface area (Å²) in [5.74, 6) is 5.21. The third kappa shape index (κ3) is 4.87. The van der Waals surface area contributed by atoms with Crippen LogP contribution in [0.15, 0.2) is 54.7 Å². The number of anilines is 2. The first kappa shape index (κ1) is 24.4. The summed E-state index contributed by atoms with van der Waals surface area (Å²) < 4.78 is 33.2. The van der Waals surface area contributed by atoms with Crippen molar-refractivity contribution in [1.29, 1.82) is 0 Å². The molecule has 3 N–H and O–H groups in total. The number of benzene rings is 2. The second-order valence-electron chi connectivity index (χ2n) is 8.84. The smallest absolute Gasteiger partial charge is 0.238 e. The molecule has 1 fully saturated rings. The van der Waals surface area contributed by atoms with Crippen LogP contribution in [0.3, 0.4) is 0 Å². The number of hydrogen-bond acceptors (Lipinski definition) is 9. The van der Waals surface area contributed by atoms with Gasteiger partial charge in [0.1, 0.15) is 17.2 Å². The van der Waals surface area contributed by atoms with Crippen LogP contribution in [-0.4, -0.2) is 58.7 Å². The summed E-state index contributed by atoms with van der Waals surface area (Å²) in [5.41, 5.74) is 5.04. The molecule has 11 heteroatoms. The van der Waals surface area contributed by atoms with E-state index in [2.05, 4.69) is 32.1 Å². The van der Waals surface area contributed by atoms with E-state index >= 15 is 0 Å². The van der Waals surface area contributed by atoms with Gasteiger partial charge in [-0.1, -0.05) is 35.6 Å². The molecule has 0 saturated carbocycles. The highest BCUT2D eigenvalue weighted by Gasteiger charge is 2.38. The first-order valence-corrected chi connectivity index (χ1v) is 12.4. The van der Waals surface area contributed by atoms with E-state index in [-0.39, 0.29) is 29.8 Å². The Hall–Kier alpha value is -3.25. The molecule has 1 aliphatic rings. The number of nitrogens with one attached hydrogen (secondary N) is 1. The maximum atomic E-state index is 13.8. The number of nitrogens with zero attached hydrogens (tertiary/aromatic N) is 5. The van der Waals surface area contributed by atoms with Crippen molar-refractivity contribution in [3.05, 3.63) is 77.5 Å². The van der Waals surface area contributed by atoms with Crippen molar-refractivity contribution in [3.8, 4) is 0 Å². The molecule has 1 aliphatic heterocycles. The van der Waals surface area contributed by atoms with Crippen LogP contribution >= 0.6 is 11.3 Å². The molecule has 0 aliphatic carbocycles. The summed E-state index contributed by atoms with van der Waals surface area (Å²) in [6, 6.07) is 12.9. The van der Waals surface area contributed by atoms with Crippen molar-refractivity contribution in [2.45, 2.75) is 25.0 Å². The Morgan fingerprint density at radius 1 is 1.06 bits per heavy atom. The van der Waals surface area contributed by atoms with Gasteiger partial charge in [-0.25, -0.2) is 24.6 Å². The van der Waals surface area contributed by atoms with Gasteiger partial charge in [0.2, 0.25) is 5.95 Å². The largest absolute Gasteiger partial charge is 0.383 e. The Labute approximate surface area is 211 Å². The molecule has 1 saturated heterocycles. The Kier molecular flexibility index (Phi) is 7.06. The number of halogens is 2. The van der Waals surface area contributed by atoms with Crippen molar-refractivity contribution in [2.75, 3.05) is 37.1 Å². The molecule has 0 unspecified atom stereocenters. The Morgan fingerprint density at radius 2 is 1.69 bits per heavy atom. The van der Waals surface area contributed by atoms with Gasteiger partial charge >= 0.3 is 0 Å². The first-order valence-electron chi connectivity index (χ1n) is 11.6. The molecule has 2 aromatic carbocycles. The van der Waals surface area contributed by atoms with E-state index in [1.165, 1.54) is 35.6 Å². The van der Waals surface area contributed by atoms with Crippen LogP contribution in [-0.2, 0) is 4.74 Å². The second kappa shape index (κ2) is 10.4. The van der Waals surface area contributed by atoms with Crippen LogP contribution in [0.1, 0.15) is 24.1 Å². The molecule has 2 aromatic heterocycles. The number of aromatic nitrogens is 3. The Morgan fingerprint density at radius 3 is 2.28 bits per heavy atom. The maximum Gasteiger partial charge on any atom is 0.238 e. The molecule has 0 radical (unpaired) electrons. The lowest BCUT2D eigenvalue weighted by atomic mass is 9.93. The monoisotopic (exact) mass is 511 g/mol. The second-order valence-corrected chi connectivity index (χ2v) is 9.79. The van der Waals surface area contributed by atoms with Crippen molar-refractivity contribution >= 4 is 32.8 Å². The lowest BCUT2D eigenvalue weighted by Gasteiger charge is -2.48. The minimum atomic E-state index is -0.296. The van der Waals surface area contributed by atoms with Crippen molar-refractivity contribution < 1.29 is 13.5 Å². The summed E-state index contributed by atoms with van der Waals surface area (Å²) in [7, 11) is 1.68. The molecule has 36 heavy (non-hydrogen) atoms. The summed E-state index contributed by atoms with van der Waals surface area (Å²) >= 11 is 1.49. The van der Waals surface area contributed by atoms with Gasteiger partial charge in [-0.05, 0) is 42.3 Å². The number of rotatable bonds is 7. The Balaban J connectivity index is 1.50. The SMILES string of the molecule is COC[C@@H]1CN(c2nc3cnc(NN)nc3s2)[C@@H](C)CN1C(c1ccc(F)cc1)c1ccc(F)cc1. The van der Waals surface area contributed by atoms with E-state index in [4.69, 9.17) is 15.6 Å². The number of thiazole rings is 1. The van der Waals surface area contributed by atoms with Crippen molar-refractivity contribution in [1.82, 2.24) is 19.9 Å². The summed E-state index contributed by atoms with van der Waals surface area (Å²) in [4.78, 5) is 18.7. The predicted molar refractivity (Wildman–Crippen MR) is 137 cm³/mol. The minimum Gasteiger partial charge on any atom is -0.383 e. The van der Waals surface area contributed by atoms with Gasteiger partial charge in [-0.3, -0.25) is 10.3 Å². The van der Waals surface area contributed by atoms with Gasteiger partial charge in [0, 0.05) is 26.2 Å². The number of piperazine rings is 1. The molecule has 5 rings (SSSR count). The van der Waals surface area contributed by atoms with Gasteiger partial charge in [-0.2, -0.15) is 4.98 Å². The zero-order valence-corrected chi connectivity index (χ0v) is 20.8. The zero-order valence-electron chi connectivity index (χ0n) is 19.9. The van der Waals surface area contributed by atoms with Crippen molar-refractivity contribution in [2.24, 2.45) is 5.84 Å². The van der Waals surface area contributed by atoms with E-state index < -0.39 is 0 Å². The third-order valence-electron chi connectivity index (χ3n) is 6.46. The number of nitrogen functional groups attached to an aromatic ring is 1. The molecule has 4 aromatic rings. The van der Waals surface area contributed by atoms with Crippen molar-refractivity contribution in [3.63, 3.8) is 0 Å².